The Morgan fingerprint density at radius 3 is 2.13 bits per heavy atom. The third-order valence-corrected chi connectivity index (χ3v) is 9.11. The van der Waals surface area contributed by atoms with Crippen LogP contribution in [-0.4, -0.2) is 54.8 Å². The quantitative estimate of drug-likeness (QED) is 0.107. The van der Waals surface area contributed by atoms with E-state index in [2.05, 4.69) is 17.4 Å². The van der Waals surface area contributed by atoms with E-state index in [1.54, 1.807) is 66.9 Å². The van der Waals surface area contributed by atoms with E-state index in [9.17, 15) is 14.7 Å². The van der Waals surface area contributed by atoms with Gasteiger partial charge in [-0.05, 0) is 145 Å². The summed E-state index contributed by atoms with van der Waals surface area (Å²) in [5, 5.41) is 21.7. The SMILES string of the molecule is COCCOc1c(CO)cc2c(c1-c1c(OCc3cccc(N(C(=N)NC(=O)OC(C)(C)C)C(=O)OC(C)(C)C)c3)ccc3c1CCCC3)CCCC2. The number of benzene rings is 3. The van der Waals surface area contributed by atoms with Crippen LogP contribution in [0.4, 0.5) is 15.3 Å². The third-order valence-electron chi connectivity index (χ3n) is 9.11. The molecule has 2 aliphatic rings. The van der Waals surface area contributed by atoms with E-state index in [0.29, 0.717) is 30.4 Å². The molecule has 11 heteroatoms. The Kier molecular flexibility index (Phi) is 12.7. The van der Waals surface area contributed by atoms with Gasteiger partial charge in [0, 0.05) is 23.8 Å². The van der Waals surface area contributed by atoms with Gasteiger partial charge >= 0.3 is 12.2 Å². The molecule has 53 heavy (non-hydrogen) atoms. The molecule has 0 spiro atoms. The number of carbonyl (C=O) groups is 2. The van der Waals surface area contributed by atoms with E-state index in [0.717, 1.165) is 78.5 Å². The van der Waals surface area contributed by atoms with Gasteiger partial charge in [-0.15, -0.1) is 0 Å². The first-order chi connectivity index (χ1) is 25.2. The standard InChI is InChI=1S/C42H55N3O8/c1-41(2,3)52-39(47)44-38(43)45(40(48)53-42(4,5)6)31-16-12-13-27(23-31)26-51-34-20-19-28-14-8-10-17-32(28)35(34)36-33-18-11-9-15-29(33)24-30(25-46)37(36)50-22-21-49-7/h12-13,16,19-20,23-24,46H,8-11,14-15,17-18,21-22,25-26H2,1-7H3,(H2,43,44,47). The van der Waals surface area contributed by atoms with E-state index < -0.39 is 29.3 Å². The predicted molar refractivity (Wildman–Crippen MR) is 205 cm³/mol. The second kappa shape index (κ2) is 17.0. The zero-order chi connectivity index (χ0) is 38.3. The van der Waals surface area contributed by atoms with Crippen molar-refractivity contribution < 1.29 is 38.4 Å². The summed E-state index contributed by atoms with van der Waals surface area (Å²) in [6.45, 7) is 11.1. The van der Waals surface area contributed by atoms with Crippen molar-refractivity contribution in [1.82, 2.24) is 5.32 Å². The molecule has 3 N–H and O–H groups in total. The van der Waals surface area contributed by atoms with Crippen molar-refractivity contribution in [3.05, 3.63) is 75.8 Å². The second-order valence-electron chi connectivity index (χ2n) is 15.6. The van der Waals surface area contributed by atoms with Gasteiger partial charge in [0.1, 0.15) is 35.9 Å². The third kappa shape index (κ3) is 10.1. The van der Waals surface area contributed by atoms with Crippen LogP contribution in [0.25, 0.3) is 11.1 Å². The molecule has 286 valence electrons. The molecule has 0 aliphatic heterocycles. The van der Waals surface area contributed by atoms with Gasteiger partial charge in [0.15, 0.2) is 0 Å². The van der Waals surface area contributed by atoms with Crippen LogP contribution in [0.1, 0.15) is 101 Å². The number of aliphatic hydroxyl groups excluding tert-OH is 1. The number of rotatable bonds is 10. The summed E-state index contributed by atoms with van der Waals surface area (Å²) >= 11 is 0. The van der Waals surface area contributed by atoms with E-state index >= 15 is 0 Å². The molecule has 0 aromatic heterocycles. The molecule has 0 fully saturated rings. The highest BCUT2D eigenvalue weighted by molar-refractivity contribution is 6.16. The lowest BCUT2D eigenvalue weighted by molar-refractivity contribution is 0.0559. The number of carbonyl (C=O) groups excluding carboxylic acids is 2. The van der Waals surface area contributed by atoms with E-state index in [1.807, 2.05) is 12.1 Å². The number of aliphatic hydroxyl groups is 1. The van der Waals surface area contributed by atoms with Crippen molar-refractivity contribution in [3.63, 3.8) is 0 Å². The highest BCUT2D eigenvalue weighted by Gasteiger charge is 2.31. The maximum atomic E-state index is 13.5. The number of nitrogens with zero attached hydrogens (tertiary/aromatic N) is 1. The van der Waals surface area contributed by atoms with Crippen LogP contribution in [0.2, 0.25) is 0 Å². The first kappa shape index (κ1) is 39.6. The molecule has 11 nitrogen and oxygen atoms in total. The van der Waals surface area contributed by atoms with Crippen molar-refractivity contribution in [2.75, 3.05) is 25.2 Å². The normalized spacial score (nSPS) is 14.0. The molecular weight excluding hydrogens is 674 g/mol. The van der Waals surface area contributed by atoms with Gasteiger partial charge in [0.2, 0.25) is 5.96 Å². The fourth-order valence-electron chi connectivity index (χ4n) is 6.96. The number of guanidine groups is 1. The Balaban J connectivity index is 1.54. The minimum Gasteiger partial charge on any atom is -0.490 e. The van der Waals surface area contributed by atoms with Crippen molar-refractivity contribution in [2.24, 2.45) is 0 Å². The van der Waals surface area contributed by atoms with E-state index in [1.165, 1.54) is 22.3 Å². The van der Waals surface area contributed by atoms with Crippen LogP contribution < -0.4 is 19.7 Å². The number of hydrogen-bond donors (Lipinski definition) is 3. The highest BCUT2D eigenvalue weighted by atomic mass is 16.6. The van der Waals surface area contributed by atoms with Crippen molar-refractivity contribution >= 4 is 23.8 Å². The summed E-state index contributed by atoms with van der Waals surface area (Å²) in [5.41, 5.74) is 7.19. The van der Waals surface area contributed by atoms with Gasteiger partial charge in [-0.3, -0.25) is 10.7 Å². The number of methoxy groups -OCH3 is 1. The number of aryl methyl sites for hydroxylation is 2. The summed E-state index contributed by atoms with van der Waals surface area (Å²) in [6, 6.07) is 13.4. The zero-order valence-electron chi connectivity index (χ0n) is 32.3. The molecule has 0 radical (unpaired) electrons. The van der Waals surface area contributed by atoms with Crippen LogP contribution in [0.5, 0.6) is 11.5 Å². The Bertz CT molecular complexity index is 1810. The molecule has 5 rings (SSSR count). The number of amides is 2. The van der Waals surface area contributed by atoms with Gasteiger partial charge in [0.05, 0.1) is 18.9 Å². The van der Waals surface area contributed by atoms with Gasteiger partial charge in [-0.25, -0.2) is 14.5 Å². The van der Waals surface area contributed by atoms with Crippen LogP contribution in [-0.2, 0) is 53.1 Å². The molecular formula is C42H55N3O8. The Hall–Kier alpha value is -4.61. The molecule has 0 saturated carbocycles. The fourth-order valence-corrected chi connectivity index (χ4v) is 6.96. The zero-order valence-corrected chi connectivity index (χ0v) is 32.3. The Morgan fingerprint density at radius 1 is 0.811 bits per heavy atom. The van der Waals surface area contributed by atoms with E-state index in [-0.39, 0.29) is 13.2 Å². The summed E-state index contributed by atoms with van der Waals surface area (Å²) in [4.78, 5) is 27.1. The van der Waals surface area contributed by atoms with Crippen molar-refractivity contribution in [2.45, 2.75) is 117 Å². The minimum absolute atomic E-state index is 0.146. The number of ether oxygens (including phenoxy) is 5. The lowest BCUT2D eigenvalue weighted by Crippen LogP contribution is -2.49. The largest absolute Gasteiger partial charge is 0.490 e. The highest BCUT2D eigenvalue weighted by Crippen LogP contribution is 2.48. The van der Waals surface area contributed by atoms with Gasteiger partial charge in [-0.2, -0.15) is 0 Å². The summed E-state index contributed by atoms with van der Waals surface area (Å²) in [7, 11) is 1.64. The predicted octanol–water partition coefficient (Wildman–Crippen LogP) is 8.41. The number of alkyl carbamates (subject to hydrolysis) is 1. The first-order valence-electron chi connectivity index (χ1n) is 18.6. The van der Waals surface area contributed by atoms with Gasteiger partial charge in [0.25, 0.3) is 0 Å². The summed E-state index contributed by atoms with van der Waals surface area (Å²) in [6.07, 6.45) is 6.40. The molecule has 3 aromatic carbocycles. The van der Waals surface area contributed by atoms with Crippen LogP contribution >= 0.6 is 0 Å². The second-order valence-corrected chi connectivity index (χ2v) is 15.6. The molecule has 0 heterocycles. The average molecular weight is 730 g/mol. The summed E-state index contributed by atoms with van der Waals surface area (Å²) < 4.78 is 29.5. The molecule has 0 bridgehead atoms. The van der Waals surface area contributed by atoms with Crippen LogP contribution in [0.3, 0.4) is 0 Å². The van der Waals surface area contributed by atoms with Crippen LogP contribution in [0, 0.1) is 5.41 Å². The van der Waals surface area contributed by atoms with E-state index in [4.69, 9.17) is 29.1 Å². The monoisotopic (exact) mass is 729 g/mol. The number of nitrogens with one attached hydrogen (secondary N) is 2. The maximum absolute atomic E-state index is 13.5. The van der Waals surface area contributed by atoms with Crippen molar-refractivity contribution in [3.8, 4) is 22.6 Å². The minimum atomic E-state index is -0.867. The lowest BCUT2D eigenvalue weighted by atomic mass is 9.79. The first-order valence-corrected chi connectivity index (χ1v) is 18.6. The Morgan fingerprint density at radius 2 is 1.47 bits per heavy atom. The molecule has 2 aliphatic carbocycles. The lowest BCUT2D eigenvalue weighted by Gasteiger charge is -2.29. The number of hydrogen-bond acceptors (Lipinski definition) is 9. The molecule has 0 atom stereocenters. The smallest absolute Gasteiger partial charge is 0.421 e. The number of anilines is 1. The molecule has 0 unspecified atom stereocenters. The van der Waals surface area contributed by atoms with Crippen LogP contribution in [0.15, 0.2) is 42.5 Å². The van der Waals surface area contributed by atoms with Crippen molar-refractivity contribution in [1.29, 1.82) is 5.41 Å². The van der Waals surface area contributed by atoms with Gasteiger partial charge < -0.3 is 28.8 Å². The fraction of sp³-hybridized carbons (Fsp3) is 0.500. The molecule has 0 saturated heterocycles. The summed E-state index contributed by atoms with van der Waals surface area (Å²) in [5.74, 6) is 0.872. The number of fused-ring (bicyclic) bond motifs is 2. The molecule has 3 aromatic rings. The average Bonchev–Trinajstić information content (AvgIpc) is 3.09. The van der Waals surface area contributed by atoms with Gasteiger partial charge in [-0.1, -0.05) is 18.2 Å². The maximum Gasteiger partial charge on any atom is 0.421 e. The Labute approximate surface area is 313 Å². The molecule has 2 amide bonds. The topological polar surface area (TPSA) is 140 Å².